The molecule has 0 radical (unpaired) electrons. The molecule has 0 aliphatic rings. The van der Waals surface area contributed by atoms with E-state index >= 15 is 0 Å². The maximum Gasteiger partial charge on any atom is 0.316 e. The summed E-state index contributed by atoms with van der Waals surface area (Å²) in [5.74, 6) is -0.947. The molecule has 0 bridgehead atoms. The zero-order chi connectivity index (χ0) is 20.9. The fourth-order valence-electron chi connectivity index (χ4n) is 2.64. The molecule has 10 heteroatoms. The van der Waals surface area contributed by atoms with Crippen molar-refractivity contribution in [2.75, 3.05) is 0 Å². The van der Waals surface area contributed by atoms with E-state index in [2.05, 4.69) is 25.0 Å². The predicted octanol–water partition coefficient (Wildman–Crippen LogP) is 2.40. The lowest BCUT2D eigenvalue weighted by Crippen LogP contribution is -2.23. The lowest BCUT2D eigenvalue weighted by Gasteiger charge is -2.08. The van der Waals surface area contributed by atoms with Crippen molar-refractivity contribution in [2.24, 2.45) is 0 Å². The Kier molecular flexibility index (Phi) is 5.46. The predicted molar refractivity (Wildman–Crippen MR) is 101 cm³/mol. The average molecular weight is 408 g/mol. The van der Waals surface area contributed by atoms with Gasteiger partial charge in [-0.25, -0.2) is 23.4 Å². The first-order valence-corrected chi connectivity index (χ1v) is 8.79. The number of hydrogen-bond acceptors (Lipinski definition) is 7. The number of aromatic nitrogens is 6. The van der Waals surface area contributed by atoms with Gasteiger partial charge in [-0.05, 0) is 23.8 Å². The molecule has 4 rings (SSSR count). The van der Waals surface area contributed by atoms with Crippen LogP contribution >= 0.6 is 0 Å². The van der Waals surface area contributed by atoms with Gasteiger partial charge in [0.2, 0.25) is 0 Å². The van der Waals surface area contributed by atoms with Crippen LogP contribution in [0.1, 0.15) is 11.1 Å². The molecule has 0 atom stereocenters. The first-order valence-electron chi connectivity index (χ1n) is 8.79. The van der Waals surface area contributed by atoms with Crippen LogP contribution in [0.5, 0.6) is 6.01 Å². The van der Waals surface area contributed by atoms with Crippen LogP contribution < -0.4 is 10.3 Å². The highest BCUT2D eigenvalue weighted by molar-refractivity contribution is 5.55. The third-order valence-electron chi connectivity index (χ3n) is 4.01. The van der Waals surface area contributed by atoms with Crippen LogP contribution in [0, 0.1) is 11.6 Å². The minimum atomic E-state index is -0.491. The molecular formula is C20H14F2N6O2. The molecule has 0 aliphatic heterocycles. The van der Waals surface area contributed by atoms with Gasteiger partial charge in [0, 0.05) is 42.0 Å². The topological polar surface area (TPSA) is 95.7 Å². The van der Waals surface area contributed by atoms with E-state index < -0.39 is 11.6 Å². The molecule has 0 aromatic carbocycles. The lowest BCUT2D eigenvalue weighted by molar-refractivity contribution is 0.279. The van der Waals surface area contributed by atoms with Crippen molar-refractivity contribution in [1.82, 2.24) is 29.7 Å². The highest BCUT2D eigenvalue weighted by Crippen LogP contribution is 2.15. The highest BCUT2D eigenvalue weighted by atomic mass is 19.1. The first-order chi connectivity index (χ1) is 14.6. The Bertz CT molecular complexity index is 1230. The minimum Gasteiger partial charge on any atom is -0.459 e. The molecule has 0 amide bonds. The molecule has 0 saturated heterocycles. The number of ether oxygens (including phenoxy) is 1. The van der Waals surface area contributed by atoms with Crippen molar-refractivity contribution in [2.45, 2.75) is 13.2 Å². The van der Waals surface area contributed by atoms with Crippen LogP contribution in [0.3, 0.4) is 0 Å². The molecule has 4 aromatic heterocycles. The van der Waals surface area contributed by atoms with Gasteiger partial charge in [-0.15, -0.1) is 0 Å². The van der Waals surface area contributed by atoms with Crippen LogP contribution in [-0.4, -0.2) is 29.7 Å². The summed E-state index contributed by atoms with van der Waals surface area (Å²) in [6, 6.07) is 5.60. The molecule has 0 spiro atoms. The second kappa shape index (κ2) is 8.52. The molecule has 0 unspecified atom stereocenters. The summed E-state index contributed by atoms with van der Waals surface area (Å²) in [4.78, 5) is 27.8. The van der Waals surface area contributed by atoms with Crippen molar-refractivity contribution < 1.29 is 13.5 Å². The van der Waals surface area contributed by atoms with E-state index in [0.717, 1.165) is 12.4 Å². The van der Waals surface area contributed by atoms with Crippen molar-refractivity contribution in [3.05, 3.63) is 94.6 Å². The standard InChI is InChI=1S/C20H14F2N6O2/c21-16-3-13(5-23-9-16)11-28-19(29)2-1-18(27-28)15-7-25-20(26-8-15)30-12-14-4-17(22)10-24-6-14/h1-10H,11-12H2. The fraction of sp³-hybridized carbons (Fsp3) is 0.100. The lowest BCUT2D eigenvalue weighted by atomic mass is 10.2. The van der Waals surface area contributed by atoms with Gasteiger partial charge in [-0.2, -0.15) is 5.10 Å². The summed E-state index contributed by atoms with van der Waals surface area (Å²) < 4.78 is 33.1. The summed E-state index contributed by atoms with van der Waals surface area (Å²) in [6.07, 6.45) is 8.13. The van der Waals surface area contributed by atoms with E-state index in [1.807, 2.05) is 0 Å². The summed E-state index contributed by atoms with van der Waals surface area (Å²) in [5, 5.41) is 4.28. The van der Waals surface area contributed by atoms with Crippen LogP contribution in [0.2, 0.25) is 0 Å². The Labute approximate surface area is 168 Å². The van der Waals surface area contributed by atoms with Crippen molar-refractivity contribution in [3.63, 3.8) is 0 Å². The van der Waals surface area contributed by atoms with Crippen LogP contribution in [-0.2, 0) is 13.2 Å². The monoisotopic (exact) mass is 408 g/mol. The molecule has 8 nitrogen and oxygen atoms in total. The summed E-state index contributed by atoms with van der Waals surface area (Å²) in [5.41, 5.74) is 1.73. The van der Waals surface area contributed by atoms with Crippen LogP contribution in [0.4, 0.5) is 8.78 Å². The summed E-state index contributed by atoms with van der Waals surface area (Å²) >= 11 is 0. The second-order valence-corrected chi connectivity index (χ2v) is 6.28. The van der Waals surface area contributed by atoms with Gasteiger partial charge in [-0.3, -0.25) is 14.8 Å². The Morgan fingerprint density at radius 1 is 0.867 bits per heavy atom. The van der Waals surface area contributed by atoms with E-state index in [0.29, 0.717) is 22.4 Å². The van der Waals surface area contributed by atoms with Crippen LogP contribution in [0.25, 0.3) is 11.3 Å². The SMILES string of the molecule is O=c1ccc(-c2cnc(OCc3cncc(F)c3)nc2)nn1Cc1cncc(F)c1. The normalized spacial score (nSPS) is 10.7. The molecule has 0 aliphatic carbocycles. The van der Waals surface area contributed by atoms with Gasteiger partial charge in [-0.1, -0.05) is 0 Å². The van der Waals surface area contributed by atoms with Crippen molar-refractivity contribution in [3.8, 4) is 17.3 Å². The number of hydrogen-bond donors (Lipinski definition) is 0. The van der Waals surface area contributed by atoms with E-state index in [4.69, 9.17) is 4.74 Å². The zero-order valence-corrected chi connectivity index (χ0v) is 15.4. The largest absolute Gasteiger partial charge is 0.459 e. The molecule has 0 fully saturated rings. The summed E-state index contributed by atoms with van der Waals surface area (Å²) in [6.45, 7) is 0.135. The minimum absolute atomic E-state index is 0.0644. The number of rotatable bonds is 6. The Morgan fingerprint density at radius 3 is 2.23 bits per heavy atom. The molecule has 150 valence electrons. The maximum atomic E-state index is 13.3. The van der Waals surface area contributed by atoms with E-state index in [9.17, 15) is 13.6 Å². The highest BCUT2D eigenvalue weighted by Gasteiger charge is 2.08. The van der Waals surface area contributed by atoms with Gasteiger partial charge in [0.25, 0.3) is 5.56 Å². The van der Waals surface area contributed by atoms with E-state index in [-0.39, 0.29) is 24.7 Å². The second-order valence-electron chi connectivity index (χ2n) is 6.28. The van der Waals surface area contributed by atoms with Gasteiger partial charge < -0.3 is 4.74 Å². The molecule has 0 saturated carbocycles. The smallest absolute Gasteiger partial charge is 0.316 e. The molecule has 4 aromatic rings. The number of nitrogens with zero attached hydrogens (tertiary/aromatic N) is 6. The van der Waals surface area contributed by atoms with Crippen LogP contribution in [0.15, 0.2) is 66.2 Å². The molecule has 30 heavy (non-hydrogen) atoms. The van der Waals surface area contributed by atoms with Gasteiger partial charge in [0.15, 0.2) is 0 Å². The van der Waals surface area contributed by atoms with Gasteiger partial charge in [0.1, 0.15) is 18.2 Å². The first kappa shape index (κ1) is 19.2. The summed E-state index contributed by atoms with van der Waals surface area (Å²) in [7, 11) is 0. The zero-order valence-electron chi connectivity index (χ0n) is 15.4. The Morgan fingerprint density at radius 2 is 1.53 bits per heavy atom. The maximum absolute atomic E-state index is 13.3. The average Bonchev–Trinajstić information content (AvgIpc) is 2.74. The molecule has 4 heterocycles. The van der Waals surface area contributed by atoms with Crippen molar-refractivity contribution >= 4 is 0 Å². The Hall–Kier alpha value is -4.08. The quantitative estimate of drug-likeness (QED) is 0.483. The number of halogens is 2. The fourth-order valence-corrected chi connectivity index (χ4v) is 2.64. The Balaban J connectivity index is 1.49. The van der Waals surface area contributed by atoms with Crippen molar-refractivity contribution in [1.29, 1.82) is 0 Å². The van der Waals surface area contributed by atoms with E-state index in [1.54, 1.807) is 6.07 Å². The van der Waals surface area contributed by atoms with Gasteiger partial charge in [0.05, 0.1) is 24.6 Å². The third kappa shape index (κ3) is 4.66. The number of pyridine rings is 2. The van der Waals surface area contributed by atoms with E-state index in [1.165, 1.54) is 47.7 Å². The molecular weight excluding hydrogens is 394 g/mol. The third-order valence-corrected chi connectivity index (χ3v) is 4.01. The molecule has 0 N–H and O–H groups in total. The van der Waals surface area contributed by atoms with Gasteiger partial charge >= 0.3 is 6.01 Å².